The first-order valence-corrected chi connectivity index (χ1v) is 2.33. The van der Waals surface area contributed by atoms with Gasteiger partial charge < -0.3 is 10.2 Å². The molecule has 2 radical (unpaired) electrons. The molecule has 0 aliphatic rings. The van der Waals surface area contributed by atoms with E-state index in [1.54, 1.807) is 0 Å². The predicted octanol–water partition coefficient (Wildman–Crippen LogP) is 1.23. The first kappa shape index (κ1) is 6.92. The lowest BCUT2D eigenvalue weighted by Gasteiger charge is -1.88. The maximum atomic E-state index is 8.07. The summed E-state index contributed by atoms with van der Waals surface area (Å²) in [5.41, 5.74) is 0. The van der Waals surface area contributed by atoms with Crippen molar-refractivity contribution < 1.29 is 10.2 Å². The third-order valence-electron chi connectivity index (χ3n) is 0.666. The largest absolute Gasteiger partial charge is 0.390 e. The number of unbranched alkanes of at least 4 members (excludes halogenated alkanes) is 2. The van der Waals surface area contributed by atoms with Gasteiger partial charge in [-0.2, -0.15) is 0 Å². The monoisotopic (exact) mass is 102 g/mol. The van der Waals surface area contributed by atoms with Crippen molar-refractivity contribution in [2.75, 3.05) is 0 Å². The number of aliphatic hydroxyl groups is 2. The number of hydrogen-bond donors (Lipinski definition) is 2. The maximum Gasteiger partial charge on any atom is 0.0799 e. The number of hydrogen-bond acceptors (Lipinski definition) is 2. The molecule has 0 aromatic heterocycles. The fourth-order valence-electron chi connectivity index (χ4n) is 0.300. The van der Waals surface area contributed by atoms with Gasteiger partial charge in [0.1, 0.15) is 0 Å². The molecule has 0 fully saturated rings. The fourth-order valence-corrected chi connectivity index (χ4v) is 0.300. The highest BCUT2D eigenvalue weighted by molar-refractivity contribution is 4.51. The zero-order valence-corrected chi connectivity index (χ0v) is 4.17. The van der Waals surface area contributed by atoms with E-state index in [0.29, 0.717) is 12.8 Å². The Morgan fingerprint density at radius 1 is 1.00 bits per heavy atom. The summed E-state index contributed by atoms with van der Waals surface area (Å²) in [5, 5.41) is 16.1. The summed E-state index contributed by atoms with van der Waals surface area (Å²) in [5.74, 6) is 0. The average Bonchev–Trinajstić information content (AvgIpc) is 1.69. The van der Waals surface area contributed by atoms with Crippen molar-refractivity contribution in [3.05, 3.63) is 13.2 Å². The molecule has 0 aliphatic carbocycles. The molecule has 0 aromatic rings. The van der Waals surface area contributed by atoms with Crippen LogP contribution >= 0.6 is 0 Å². The van der Waals surface area contributed by atoms with E-state index >= 15 is 0 Å². The lowest BCUT2D eigenvalue weighted by molar-refractivity contribution is 0.345. The van der Waals surface area contributed by atoms with Gasteiger partial charge in [-0.3, -0.25) is 0 Å². The van der Waals surface area contributed by atoms with Crippen LogP contribution in [0.2, 0.25) is 0 Å². The van der Waals surface area contributed by atoms with Crippen molar-refractivity contribution in [3.63, 3.8) is 0 Å². The number of aliphatic hydroxyl groups excluding tert-OH is 2. The topological polar surface area (TPSA) is 40.5 Å². The summed E-state index contributed by atoms with van der Waals surface area (Å²) in [6.45, 7) is 2.20. The smallest absolute Gasteiger partial charge is 0.0799 e. The number of rotatable bonds is 4. The molecular weight excluding hydrogens is 92.1 g/mol. The van der Waals surface area contributed by atoms with E-state index in [4.69, 9.17) is 10.2 Å². The quantitative estimate of drug-likeness (QED) is 0.524. The van der Waals surface area contributed by atoms with Gasteiger partial charge in [-0.05, 0) is 19.3 Å². The molecule has 0 bridgehead atoms. The van der Waals surface area contributed by atoms with Gasteiger partial charge in [0.25, 0.3) is 0 Å². The van der Waals surface area contributed by atoms with Crippen molar-refractivity contribution in [3.8, 4) is 0 Å². The Labute approximate surface area is 43.8 Å². The molecule has 0 saturated carbocycles. The van der Waals surface area contributed by atoms with Crippen molar-refractivity contribution in [2.45, 2.75) is 19.3 Å². The molecule has 0 amide bonds. The molecule has 0 aromatic carbocycles. The predicted molar refractivity (Wildman–Crippen MR) is 26.3 cm³/mol. The first-order chi connectivity index (χ1) is 3.41. The zero-order chi connectivity index (χ0) is 5.54. The summed E-state index contributed by atoms with van der Waals surface area (Å²) < 4.78 is 0. The fraction of sp³-hybridized carbons (Fsp3) is 0.600. The van der Waals surface area contributed by atoms with E-state index in [2.05, 4.69) is 0 Å². The summed E-state index contributed by atoms with van der Waals surface area (Å²) in [4.78, 5) is 0. The SMILES string of the molecule is O[CH]CCC[CH]O. The van der Waals surface area contributed by atoms with Crippen LogP contribution in [0, 0.1) is 13.2 Å². The van der Waals surface area contributed by atoms with Crippen molar-refractivity contribution in [1.29, 1.82) is 0 Å². The summed E-state index contributed by atoms with van der Waals surface area (Å²) in [6.07, 6.45) is 2.15. The van der Waals surface area contributed by atoms with E-state index in [9.17, 15) is 0 Å². The first-order valence-electron chi connectivity index (χ1n) is 2.33. The van der Waals surface area contributed by atoms with Gasteiger partial charge in [-0.25, -0.2) is 0 Å². The van der Waals surface area contributed by atoms with Crippen LogP contribution in [0.1, 0.15) is 19.3 Å². The Balaban J connectivity index is 2.45. The van der Waals surface area contributed by atoms with Crippen LogP contribution in [0.4, 0.5) is 0 Å². The van der Waals surface area contributed by atoms with Crippen LogP contribution in [-0.4, -0.2) is 10.2 Å². The Bertz CT molecular complexity index is 25.3. The van der Waals surface area contributed by atoms with Crippen LogP contribution in [0.15, 0.2) is 0 Å². The van der Waals surface area contributed by atoms with E-state index in [-0.39, 0.29) is 0 Å². The Morgan fingerprint density at radius 2 is 1.43 bits per heavy atom. The maximum absolute atomic E-state index is 8.07. The van der Waals surface area contributed by atoms with Gasteiger partial charge in [0.2, 0.25) is 0 Å². The molecule has 2 N–H and O–H groups in total. The lowest BCUT2D eigenvalue weighted by Crippen LogP contribution is -1.76. The normalized spacial score (nSPS) is 9.43. The summed E-state index contributed by atoms with van der Waals surface area (Å²) in [6, 6.07) is 0. The van der Waals surface area contributed by atoms with Crippen LogP contribution in [0.3, 0.4) is 0 Å². The molecule has 2 heteroatoms. The molecule has 0 saturated heterocycles. The zero-order valence-electron chi connectivity index (χ0n) is 4.17. The van der Waals surface area contributed by atoms with Crippen LogP contribution < -0.4 is 0 Å². The molecule has 0 spiro atoms. The summed E-state index contributed by atoms with van der Waals surface area (Å²) >= 11 is 0. The molecule has 0 rings (SSSR count). The third-order valence-corrected chi connectivity index (χ3v) is 0.666. The highest BCUT2D eigenvalue weighted by Crippen LogP contribution is 1.96. The van der Waals surface area contributed by atoms with Gasteiger partial charge in [-0.1, -0.05) is 0 Å². The summed E-state index contributed by atoms with van der Waals surface area (Å²) in [7, 11) is 0. The molecule has 7 heavy (non-hydrogen) atoms. The molecule has 0 aliphatic heterocycles. The minimum atomic E-state index is 0.664. The molecule has 0 atom stereocenters. The van der Waals surface area contributed by atoms with Gasteiger partial charge in [0, 0.05) is 0 Å². The minimum Gasteiger partial charge on any atom is -0.390 e. The molecule has 0 heterocycles. The van der Waals surface area contributed by atoms with Crippen molar-refractivity contribution in [2.24, 2.45) is 0 Å². The Morgan fingerprint density at radius 3 is 1.71 bits per heavy atom. The van der Waals surface area contributed by atoms with Gasteiger partial charge in [-0.15, -0.1) is 0 Å². The van der Waals surface area contributed by atoms with Crippen molar-refractivity contribution in [1.82, 2.24) is 0 Å². The Hall–Kier alpha value is -0.0800. The van der Waals surface area contributed by atoms with E-state index in [1.165, 1.54) is 0 Å². The second-order valence-electron chi connectivity index (χ2n) is 1.30. The van der Waals surface area contributed by atoms with Gasteiger partial charge in [0.15, 0.2) is 0 Å². The molecule has 0 unspecified atom stereocenters. The Kier molecular flexibility index (Phi) is 5.85. The van der Waals surface area contributed by atoms with Crippen LogP contribution in [-0.2, 0) is 0 Å². The van der Waals surface area contributed by atoms with Gasteiger partial charge >= 0.3 is 0 Å². The van der Waals surface area contributed by atoms with E-state index < -0.39 is 0 Å². The molecule has 2 nitrogen and oxygen atoms in total. The molecule has 42 valence electrons. The second-order valence-corrected chi connectivity index (χ2v) is 1.30. The third kappa shape index (κ3) is 5.92. The standard InChI is InChI=1S/C5H10O2/c6-4-2-1-3-5-7/h4-7H,1-3H2. The highest BCUT2D eigenvalue weighted by atomic mass is 16.3. The van der Waals surface area contributed by atoms with E-state index in [0.717, 1.165) is 19.6 Å². The van der Waals surface area contributed by atoms with E-state index in [1.807, 2.05) is 0 Å². The average molecular weight is 102 g/mol. The van der Waals surface area contributed by atoms with Gasteiger partial charge in [0.05, 0.1) is 13.2 Å². The lowest BCUT2D eigenvalue weighted by atomic mass is 10.2. The minimum absolute atomic E-state index is 0.664. The molecular formula is C5H10O2. The highest BCUT2D eigenvalue weighted by Gasteiger charge is 1.82. The van der Waals surface area contributed by atoms with Crippen molar-refractivity contribution >= 4 is 0 Å². The second kappa shape index (κ2) is 5.92. The van der Waals surface area contributed by atoms with Crippen LogP contribution in [0.5, 0.6) is 0 Å². The van der Waals surface area contributed by atoms with Crippen LogP contribution in [0.25, 0.3) is 0 Å².